The molecule has 92 valence electrons. The van der Waals surface area contributed by atoms with Gasteiger partial charge in [0, 0.05) is 31.4 Å². The number of nitrogens with one attached hydrogen (secondary N) is 1. The maximum Gasteiger partial charge on any atom is 0.337 e. The molecule has 0 aliphatic carbocycles. The number of carboxylic acids is 1. The summed E-state index contributed by atoms with van der Waals surface area (Å²) in [5, 5.41) is 12.6. The van der Waals surface area contributed by atoms with Crippen molar-refractivity contribution in [3.63, 3.8) is 0 Å². The molecule has 1 saturated heterocycles. The maximum absolute atomic E-state index is 10.9. The molecule has 1 unspecified atom stereocenters. The van der Waals surface area contributed by atoms with Crippen molar-refractivity contribution in [2.75, 3.05) is 24.5 Å². The predicted molar refractivity (Wildman–Crippen MR) is 68.1 cm³/mol. The average molecular weight is 255 g/mol. The van der Waals surface area contributed by atoms with Crippen LogP contribution in [0.5, 0.6) is 0 Å². The Morgan fingerprint density at radius 1 is 1.59 bits per heavy atom. The van der Waals surface area contributed by atoms with Crippen LogP contribution in [0.15, 0.2) is 18.2 Å². The molecule has 1 aromatic rings. The molecule has 0 amide bonds. The maximum atomic E-state index is 10.9. The van der Waals surface area contributed by atoms with Gasteiger partial charge < -0.3 is 15.3 Å². The third-order valence-corrected chi connectivity index (χ3v) is 3.23. The fraction of sp³-hybridized carbons (Fsp3) is 0.417. The Morgan fingerprint density at radius 3 is 2.94 bits per heavy atom. The summed E-state index contributed by atoms with van der Waals surface area (Å²) < 4.78 is 0. The van der Waals surface area contributed by atoms with Crippen LogP contribution in [0.2, 0.25) is 5.02 Å². The highest BCUT2D eigenvalue weighted by molar-refractivity contribution is 6.33. The molecule has 4 nitrogen and oxygen atoms in total. The number of hydrogen-bond donors (Lipinski definition) is 2. The molecular formula is C12H15ClN2O2. The van der Waals surface area contributed by atoms with Crippen molar-refractivity contribution < 1.29 is 9.90 Å². The van der Waals surface area contributed by atoms with Gasteiger partial charge >= 0.3 is 5.97 Å². The van der Waals surface area contributed by atoms with Gasteiger partial charge in [-0.3, -0.25) is 0 Å². The molecule has 2 rings (SSSR count). The van der Waals surface area contributed by atoms with E-state index in [1.807, 2.05) is 6.07 Å². The Balaban J connectivity index is 2.22. The van der Waals surface area contributed by atoms with E-state index in [2.05, 4.69) is 17.1 Å². The third kappa shape index (κ3) is 2.70. The summed E-state index contributed by atoms with van der Waals surface area (Å²) in [6.07, 6.45) is 0. The minimum absolute atomic E-state index is 0.151. The number of hydrogen-bond acceptors (Lipinski definition) is 3. The molecule has 1 aliphatic rings. The molecule has 5 heteroatoms. The number of carbonyl (C=O) groups is 1. The highest BCUT2D eigenvalue weighted by Gasteiger charge is 2.17. The Hall–Kier alpha value is -1.26. The SMILES string of the molecule is CC1CN(c2ccc(C(=O)O)c(Cl)c2)CCN1. The van der Waals surface area contributed by atoms with Crippen LogP contribution in [0.1, 0.15) is 17.3 Å². The summed E-state index contributed by atoms with van der Waals surface area (Å²) in [5.41, 5.74) is 1.13. The van der Waals surface area contributed by atoms with Gasteiger partial charge in [-0.25, -0.2) is 4.79 Å². The van der Waals surface area contributed by atoms with Crippen LogP contribution < -0.4 is 10.2 Å². The van der Waals surface area contributed by atoms with Crippen molar-refractivity contribution in [1.82, 2.24) is 5.32 Å². The fourth-order valence-corrected chi connectivity index (χ4v) is 2.30. The van der Waals surface area contributed by atoms with Gasteiger partial charge in [0.15, 0.2) is 0 Å². The molecular weight excluding hydrogens is 240 g/mol. The van der Waals surface area contributed by atoms with Crippen LogP contribution in [0.4, 0.5) is 5.69 Å². The van der Waals surface area contributed by atoms with Gasteiger partial charge in [0.2, 0.25) is 0 Å². The van der Waals surface area contributed by atoms with E-state index < -0.39 is 5.97 Å². The molecule has 1 fully saturated rings. The van der Waals surface area contributed by atoms with E-state index in [4.69, 9.17) is 16.7 Å². The Morgan fingerprint density at radius 2 is 2.35 bits per heavy atom. The van der Waals surface area contributed by atoms with E-state index in [9.17, 15) is 4.79 Å². The minimum atomic E-state index is -0.991. The van der Waals surface area contributed by atoms with E-state index >= 15 is 0 Å². The zero-order valence-electron chi connectivity index (χ0n) is 9.61. The Bertz CT molecular complexity index is 437. The second-order valence-corrected chi connectivity index (χ2v) is 4.68. The molecule has 0 aromatic heterocycles. The molecule has 0 bridgehead atoms. The van der Waals surface area contributed by atoms with Gasteiger partial charge in [-0.15, -0.1) is 0 Å². The highest BCUT2D eigenvalue weighted by Crippen LogP contribution is 2.24. The molecule has 1 heterocycles. The van der Waals surface area contributed by atoms with Crippen LogP contribution in [-0.4, -0.2) is 36.8 Å². The van der Waals surface area contributed by atoms with Crippen molar-refractivity contribution in [2.24, 2.45) is 0 Å². The second kappa shape index (κ2) is 4.94. The lowest BCUT2D eigenvalue weighted by Crippen LogP contribution is -2.49. The van der Waals surface area contributed by atoms with Crippen LogP contribution in [0.3, 0.4) is 0 Å². The summed E-state index contributed by atoms with van der Waals surface area (Å²) in [6, 6.07) is 5.53. The minimum Gasteiger partial charge on any atom is -0.478 e. The smallest absolute Gasteiger partial charge is 0.337 e. The van der Waals surface area contributed by atoms with Crippen molar-refractivity contribution in [2.45, 2.75) is 13.0 Å². The normalized spacial score (nSPS) is 20.4. The fourth-order valence-electron chi connectivity index (χ4n) is 2.04. The van der Waals surface area contributed by atoms with Crippen molar-refractivity contribution in [3.05, 3.63) is 28.8 Å². The average Bonchev–Trinajstić information content (AvgIpc) is 2.28. The molecule has 0 spiro atoms. The highest BCUT2D eigenvalue weighted by atomic mass is 35.5. The molecule has 17 heavy (non-hydrogen) atoms. The van der Waals surface area contributed by atoms with Gasteiger partial charge in [-0.05, 0) is 25.1 Å². The van der Waals surface area contributed by atoms with Crippen LogP contribution in [0.25, 0.3) is 0 Å². The van der Waals surface area contributed by atoms with Crippen LogP contribution >= 0.6 is 11.6 Å². The zero-order chi connectivity index (χ0) is 12.4. The number of piperazine rings is 1. The molecule has 1 atom stereocenters. The van der Waals surface area contributed by atoms with Crippen molar-refractivity contribution in [3.8, 4) is 0 Å². The Labute approximate surface area is 105 Å². The summed E-state index contributed by atoms with van der Waals surface area (Å²) in [6.45, 7) is 4.87. The number of nitrogens with zero attached hydrogens (tertiary/aromatic N) is 1. The standard InChI is InChI=1S/C12H15ClN2O2/c1-8-7-15(5-4-14-8)9-2-3-10(12(16)17)11(13)6-9/h2-3,6,8,14H,4-5,7H2,1H3,(H,16,17). The van der Waals surface area contributed by atoms with Crippen molar-refractivity contribution >= 4 is 23.3 Å². The summed E-state index contributed by atoms with van der Waals surface area (Å²) in [7, 11) is 0. The first-order valence-corrected chi connectivity index (χ1v) is 5.97. The quantitative estimate of drug-likeness (QED) is 0.846. The molecule has 2 N–H and O–H groups in total. The van der Waals surface area contributed by atoms with Crippen LogP contribution in [-0.2, 0) is 0 Å². The summed E-state index contributed by atoms with van der Waals surface area (Å²) in [4.78, 5) is 13.1. The first-order chi connectivity index (χ1) is 8.08. The molecule has 0 radical (unpaired) electrons. The third-order valence-electron chi connectivity index (χ3n) is 2.92. The monoisotopic (exact) mass is 254 g/mol. The van der Waals surface area contributed by atoms with Gasteiger partial charge in [0.1, 0.15) is 0 Å². The first kappa shape index (κ1) is 12.2. The lowest BCUT2D eigenvalue weighted by atomic mass is 10.1. The van der Waals surface area contributed by atoms with E-state index in [0.717, 1.165) is 25.3 Å². The number of anilines is 1. The molecule has 1 aliphatic heterocycles. The predicted octanol–water partition coefficient (Wildman–Crippen LogP) is 1.84. The van der Waals surface area contributed by atoms with Gasteiger partial charge in [0.05, 0.1) is 10.6 Å². The molecule has 1 aromatic carbocycles. The largest absolute Gasteiger partial charge is 0.478 e. The van der Waals surface area contributed by atoms with Crippen LogP contribution in [0, 0.1) is 0 Å². The Kier molecular flexibility index (Phi) is 3.54. The van der Waals surface area contributed by atoms with E-state index in [0.29, 0.717) is 11.1 Å². The summed E-state index contributed by atoms with van der Waals surface area (Å²) in [5.74, 6) is -0.991. The zero-order valence-corrected chi connectivity index (χ0v) is 10.4. The summed E-state index contributed by atoms with van der Waals surface area (Å²) >= 11 is 5.96. The van der Waals surface area contributed by atoms with E-state index in [1.165, 1.54) is 0 Å². The lowest BCUT2D eigenvalue weighted by molar-refractivity contribution is 0.0697. The second-order valence-electron chi connectivity index (χ2n) is 4.27. The molecule has 0 saturated carbocycles. The number of benzene rings is 1. The van der Waals surface area contributed by atoms with Gasteiger partial charge in [0.25, 0.3) is 0 Å². The topological polar surface area (TPSA) is 52.6 Å². The van der Waals surface area contributed by atoms with Gasteiger partial charge in [-0.1, -0.05) is 11.6 Å². The lowest BCUT2D eigenvalue weighted by Gasteiger charge is -2.33. The number of halogens is 1. The number of rotatable bonds is 2. The first-order valence-electron chi connectivity index (χ1n) is 5.59. The number of carboxylic acid groups (broad SMARTS) is 1. The van der Waals surface area contributed by atoms with E-state index in [-0.39, 0.29) is 5.56 Å². The number of aromatic carboxylic acids is 1. The van der Waals surface area contributed by atoms with Crippen molar-refractivity contribution in [1.29, 1.82) is 0 Å². The van der Waals surface area contributed by atoms with E-state index in [1.54, 1.807) is 12.1 Å². The van der Waals surface area contributed by atoms with Gasteiger partial charge in [-0.2, -0.15) is 0 Å².